The predicted molar refractivity (Wildman–Crippen MR) is 318 cm³/mol. The highest BCUT2D eigenvalue weighted by atomic mass is 16.6. The number of aromatic nitrogens is 2. The third-order valence-electron chi connectivity index (χ3n) is 13.2. The van der Waals surface area contributed by atoms with E-state index in [4.69, 9.17) is 4.74 Å². The van der Waals surface area contributed by atoms with Crippen LogP contribution in [-0.2, 0) is 33.4 Å². The van der Waals surface area contributed by atoms with Gasteiger partial charge in [0, 0.05) is 111 Å². The van der Waals surface area contributed by atoms with E-state index in [9.17, 15) is 53.4 Å². The smallest absolute Gasteiger partial charge is 0.335 e. The molecule has 2 unspecified atom stereocenters. The number of nitrogens with zero attached hydrogens (tertiary/aromatic N) is 4. The highest BCUT2D eigenvalue weighted by Crippen LogP contribution is 2.27. The Kier molecular flexibility index (Phi) is 26.5. The molecule has 2 aromatic heterocycles. The number of anilines is 1. The van der Waals surface area contributed by atoms with Gasteiger partial charge in [-0.2, -0.15) is 0 Å². The third-order valence-corrected chi connectivity index (χ3v) is 13.2. The number of ketones is 2. The van der Waals surface area contributed by atoms with Gasteiger partial charge in [0.15, 0.2) is 11.9 Å². The molecule has 0 saturated carbocycles. The van der Waals surface area contributed by atoms with Crippen molar-refractivity contribution in [2.45, 2.75) is 52.1 Å². The van der Waals surface area contributed by atoms with Crippen LogP contribution >= 0.6 is 0 Å². The maximum absolute atomic E-state index is 13.2. The van der Waals surface area contributed by atoms with E-state index in [2.05, 4.69) is 82.7 Å². The van der Waals surface area contributed by atoms with Crippen LogP contribution in [0.2, 0.25) is 0 Å². The van der Waals surface area contributed by atoms with Crippen LogP contribution in [0, 0.1) is 31.6 Å². The zero-order valence-electron chi connectivity index (χ0n) is 48.1. The fraction of sp³-hybridized carbons (Fsp3) is 0.306. The molecule has 0 bridgehead atoms. The van der Waals surface area contributed by atoms with Crippen LogP contribution in [0.5, 0.6) is 0 Å². The zero-order chi connectivity index (χ0) is 63.0. The summed E-state index contributed by atoms with van der Waals surface area (Å²) < 4.78 is 9.92. The molecule has 84 heavy (non-hydrogen) atoms. The van der Waals surface area contributed by atoms with Crippen molar-refractivity contribution in [3.8, 4) is 25.7 Å². The van der Waals surface area contributed by atoms with Crippen LogP contribution in [0.3, 0.4) is 0 Å². The van der Waals surface area contributed by atoms with Gasteiger partial charge in [-0.15, -0.1) is 38.9 Å². The first-order valence-electron chi connectivity index (χ1n) is 26.2. The molecular formula is C62H73N9O13. The van der Waals surface area contributed by atoms with Gasteiger partial charge in [0.2, 0.25) is 5.91 Å². The van der Waals surface area contributed by atoms with Crippen molar-refractivity contribution in [3.05, 3.63) is 150 Å². The molecule has 7 N–H and O–H groups in total. The van der Waals surface area contributed by atoms with Gasteiger partial charge in [0.25, 0.3) is 41.1 Å². The van der Waals surface area contributed by atoms with E-state index in [1.165, 1.54) is 36.0 Å². The van der Waals surface area contributed by atoms with E-state index >= 15 is 0 Å². The number of aliphatic hydroxyl groups is 2. The minimum Gasteiger partial charge on any atom is -0.467 e. The van der Waals surface area contributed by atoms with Gasteiger partial charge in [-0.3, -0.25) is 38.4 Å². The van der Waals surface area contributed by atoms with Crippen molar-refractivity contribution in [1.29, 1.82) is 0 Å². The maximum atomic E-state index is 13.2. The first-order chi connectivity index (χ1) is 40.0. The molecular weight excluding hydrogens is 1080 g/mol. The van der Waals surface area contributed by atoms with Gasteiger partial charge < -0.3 is 65.2 Å². The Balaban J connectivity index is 0.000000406. The Morgan fingerprint density at radius 2 is 1.15 bits per heavy atom. The second kappa shape index (κ2) is 32.5. The second-order valence-corrected chi connectivity index (χ2v) is 19.0. The monoisotopic (exact) mass is 1150 g/mol. The number of carbonyl (C=O) groups is 9. The van der Waals surface area contributed by atoms with Crippen molar-refractivity contribution in [2.75, 3.05) is 71.8 Å². The number of fused-ring (bicyclic) bond motifs is 1. The molecule has 2 fully saturated rings. The normalized spacial score (nSPS) is 14.1. The van der Waals surface area contributed by atoms with Crippen LogP contribution in [-0.4, -0.2) is 177 Å². The maximum Gasteiger partial charge on any atom is 0.335 e. The Bertz CT molecular complexity index is 3300. The molecule has 6 amide bonds. The van der Waals surface area contributed by atoms with Gasteiger partial charge in [-0.05, 0) is 51.1 Å². The molecule has 2 aliphatic heterocycles. The number of nitrogens with one attached hydrogen (secondary N) is 5. The number of rotatable bonds is 17. The van der Waals surface area contributed by atoms with E-state index in [1.54, 1.807) is 97.4 Å². The fourth-order valence-electron chi connectivity index (χ4n) is 8.70. The lowest BCUT2D eigenvalue weighted by molar-refractivity contribution is -0.216. The molecule has 4 heterocycles. The number of H-pyrrole nitrogens is 2. The number of terminal acetylenes is 2. The van der Waals surface area contributed by atoms with E-state index < -0.39 is 71.5 Å². The standard InChI is InChI=1S/C29H32N4O8.C27H33N5O5.C2H4.2C2H2/c1-29(2,39)41-22(28(38)40-3)16-23(34)31-21-11-7-10-19-20(17-30-24(19)21)25(35)27(37)33-14-12-32(13-15-33)26(36)18-8-5-4-6-9-18;1-16(18(3)28-5)23(33)25(35)30-19(4)22-17(2)21(15-29-22)24(34)27(37)32-13-11-31(12-14-32)26(36)20-9-7-6-8-10-20;3*1-2/h4-11,17,22,30,39H,12-16H2,1-3H3,(H,31,34);6-10,15-16,23,28-29,33H,2-3,11-14H2,1,4-5H3,(H,30,35);1-2H2;2*1-2H/b;22-19-;;;/t22-;;;;/m0..../s1. The summed E-state index contributed by atoms with van der Waals surface area (Å²) in [5, 5.41) is 29.4. The Morgan fingerprint density at radius 1 is 0.702 bits per heavy atom. The van der Waals surface area contributed by atoms with Gasteiger partial charge in [0.05, 0.1) is 41.2 Å². The number of aromatic amines is 2. The highest BCUT2D eigenvalue weighted by Gasteiger charge is 2.34. The molecule has 2 saturated heterocycles. The summed E-state index contributed by atoms with van der Waals surface area (Å²) in [4.78, 5) is 127. The number of carbonyl (C=O) groups excluding carboxylic acids is 9. The lowest BCUT2D eigenvalue weighted by atomic mass is 10.0. The first-order valence-corrected chi connectivity index (χ1v) is 26.2. The molecule has 22 heteroatoms. The van der Waals surface area contributed by atoms with Crippen LogP contribution in [0.4, 0.5) is 5.69 Å². The molecule has 0 aliphatic carbocycles. The number of amides is 6. The predicted octanol–water partition coefficient (Wildman–Crippen LogP) is 2.82. The number of esters is 1. The van der Waals surface area contributed by atoms with Crippen molar-refractivity contribution < 1.29 is 62.8 Å². The van der Waals surface area contributed by atoms with E-state index in [1.807, 2.05) is 12.1 Å². The Morgan fingerprint density at radius 3 is 1.61 bits per heavy atom. The van der Waals surface area contributed by atoms with Crippen LogP contribution in [0.1, 0.15) is 75.5 Å². The number of para-hydroxylation sites is 1. The minimum atomic E-state index is -1.68. The van der Waals surface area contributed by atoms with E-state index in [-0.39, 0.29) is 54.3 Å². The number of hydrogen-bond donors (Lipinski definition) is 7. The van der Waals surface area contributed by atoms with Crippen molar-refractivity contribution in [1.82, 2.24) is 40.2 Å². The third kappa shape index (κ3) is 17.8. The molecule has 2 aliphatic rings. The average molecular weight is 1150 g/mol. The van der Waals surface area contributed by atoms with Gasteiger partial charge >= 0.3 is 5.97 Å². The molecule has 22 nitrogen and oxygen atoms in total. The number of methoxy groups -OCH3 is 1. The summed E-state index contributed by atoms with van der Waals surface area (Å²) in [6.45, 7) is 21.8. The van der Waals surface area contributed by atoms with E-state index in [0.717, 1.165) is 7.11 Å². The Labute approximate surface area is 488 Å². The molecule has 7 rings (SSSR count). The first kappa shape index (κ1) is 68.4. The minimum absolute atomic E-state index is 0.0915. The zero-order valence-corrected chi connectivity index (χ0v) is 48.1. The molecule has 0 radical (unpaired) electrons. The number of benzene rings is 3. The van der Waals surface area contributed by atoms with Gasteiger partial charge in [-0.1, -0.05) is 68.6 Å². The van der Waals surface area contributed by atoms with Crippen molar-refractivity contribution in [3.63, 3.8) is 0 Å². The quantitative estimate of drug-likeness (QED) is 0.0176. The number of Topliss-reactive ketones (excluding diaryl/α,β-unsaturated/α-hetero) is 2. The highest BCUT2D eigenvalue weighted by molar-refractivity contribution is 6.45. The lowest BCUT2D eigenvalue weighted by Crippen LogP contribution is -2.52. The van der Waals surface area contributed by atoms with Gasteiger partial charge in [0.1, 0.15) is 6.10 Å². The topological polar surface area (TPSA) is 293 Å². The number of aliphatic hydroxyl groups excluding tert-OH is 1. The van der Waals surface area contributed by atoms with Crippen molar-refractivity contribution >= 4 is 81.8 Å². The number of hydrogen-bond acceptors (Lipinski definition) is 14. The summed E-state index contributed by atoms with van der Waals surface area (Å²) in [5.41, 5.74) is 2.96. The van der Waals surface area contributed by atoms with Crippen molar-refractivity contribution in [2.24, 2.45) is 5.92 Å². The fourth-order valence-corrected chi connectivity index (χ4v) is 8.70. The summed E-state index contributed by atoms with van der Waals surface area (Å²) in [6, 6.07) is 22.6. The molecule has 444 valence electrons. The molecule has 3 atom stereocenters. The summed E-state index contributed by atoms with van der Waals surface area (Å²) in [7, 11) is 2.80. The van der Waals surface area contributed by atoms with Gasteiger partial charge in [-0.25, -0.2) is 4.79 Å². The molecule has 0 spiro atoms. The molecule has 5 aromatic rings. The lowest BCUT2D eigenvalue weighted by Gasteiger charge is -2.34. The average Bonchev–Trinajstić information content (AvgIpc) is 3.63. The SMILES string of the molecule is C#C.C#C.C=C.C=C(NC)C(C)C(O)C(=O)N/C(C)=c1\[nH]cc(C(=O)C(=O)N2CCN(C(=O)c3ccccc3)CC2)c1=C.COC(=O)[C@H](CC(=O)Nc1cccc2c(C(=O)C(=O)N3CCN(C(=O)c4ccccc4)CC3)c[nH]c12)OC(C)(C)O. The van der Waals surface area contributed by atoms with Crippen LogP contribution < -0.4 is 26.5 Å². The summed E-state index contributed by atoms with van der Waals surface area (Å²) >= 11 is 0. The Hall–Kier alpha value is -9.87. The van der Waals surface area contributed by atoms with E-state index in [0.29, 0.717) is 70.6 Å². The summed E-state index contributed by atoms with van der Waals surface area (Å²) in [5.74, 6) is -7.31. The van der Waals surface area contributed by atoms with Crippen LogP contribution in [0.25, 0.3) is 23.2 Å². The molecule has 3 aromatic carbocycles. The van der Waals surface area contributed by atoms with Crippen LogP contribution in [0.15, 0.2) is 117 Å². The largest absolute Gasteiger partial charge is 0.467 e. The summed E-state index contributed by atoms with van der Waals surface area (Å²) in [6.07, 6.45) is 15.7. The second-order valence-electron chi connectivity index (χ2n) is 19.0. The number of piperazine rings is 2. The number of ether oxygens (including phenoxy) is 2.